The zero-order valence-corrected chi connectivity index (χ0v) is 48.6. The smallest absolute Gasteiger partial charge is 0.294 e. The van der Waals surface area contributed by atoms with Gasteiger partial charge in [0.05, 0.1) is 22.3 Å². The summed E-state index contributed by atoms with van der Waals surface area (Å²) in [5.74, 6) is -18.9. The van der Waals surface area contributed by atoms with Gasteiger partial charge in [-0.2, -0.15) is 67.3 Å². The fourth-order valence-corrected chi connectivity index (χ4v) is 17.5. The Kier molecular flexibility index (Phi) is 14.2. The van der Waals surface area contributed by atoms with Crippen LogP contribution in [0.4, 0.5) is 0 Å². The van der Waals surface area contributed by atoms with Crippen molar-refractivity contribution in [2.45, 2.75) is 67.7 Å². The van der Waals surface area contributed by atoms with Gasteiger partial charge < -0.3 is 40.9 Å². The first-order chi connectivity index (χ1) is 39.5. The van der Waals surface area contributed by atoms with E-state index in [1.165, 1.54) is 0 Å². The standard InChI is InChI=1S/C44H32O36S8/c45-33-17-9-18-22(82(60,61)62)2-14-7-27(87(75,76)77)43(55,39(51)30(14)34(18)46)12-44(56)28(88(78,79)80)8-16-4-24(84(66,67)68)20(36(48)32(16)40(44)52)11-42(54)26(86(72,73)74)6-15-3-23(83(63,64)65)19(35(47)31(15)38(42)50)10-41(53)25(85(69,70)71)5-13(29(33)37(41)49)1-21(17)81(57,58)59/h1-8,45-48,53-56H,9-12H2,(H,57,58,59)(H,60,61,62)(H,63,64,65)(H,66,67,68)(H,69,70,71)(H,72,73,74)(H,75,76,77)(H,78,79,80). The van der Waals surface area contributed by atoms with Gasteiger partial charge in [0.15, 0.2) is 22.4 Å². The summed E-state index contributed by atoms with van der Waals surface area (Å²) in [6.07, 6.45) is -10.3. The molecule has 0 saturated heterocycles. The third kappa shape index (κ3) is 9.79. The first kappa shape index (κ1) is 65.3. The van der Waals surface area contributed by atoms with Gasteiger partial charge in [-0.05, 0) is 70.8 Å². The van der Waals surface area contributed by atoms with E-state index in [0.29, 0.717) is 0 Å². The normalized spacial score (nSPS) is 23.6. The number of phenols is 4. The van der Waals surface area contributed by atoms with Crippen LogP contribution in [0.1, 0.15) is 92.4 Å². The molecule has 88 heavy (non-hydrogen) atoms. The van der Waals surface area contributed by atoms with E-state index < -0.39 is 281 Å². The molecule has 0 heterocycles. The third-order valence-corrected chi connectivity index (χ3v) is 22.4. The Labute approximate surface area is 490 Å². The molecule has 5 aliphatic rings. The van der Waals surface area contributed by atoms with Crippen LogP contribution in [-0.4, -0.2) is 190 Å². The summed E-state index contributed by atoms with van der Waals surface area (Å²) in [6.45, 7) is 0. The molecule has 9 rings (SSSR count). The highest BCUT2D eigenvalue weighted by molar-refractivity contribution is 7.91. The van der Waals surface area contributed by atoms with Crippen molar-refractivity contribution in [1.29, 1.82) is 0 Å². The molecule has 0 aliphatic heterocycles. The minimum absolute atomic E-state index is 0.0348. The predicted molar refractivity (Wildman–Crippen MR) is 282 cm³/mol. The first-order valence-corrected chi connectivity index (χ1v) is 34.3. The lowest BCUT2D eigenvalue weighted by atomic mass is 9.71. The second kappa shape index (κ2) is 19.2. The van der Waals surface area contributed by atoms with E-state index in [9.17, 15) is 164 Å². The molecule has 16 N–H and O–H groups in total. The van der Waals surface area contributed by atoms with Crippen LogP contribution in [0.3, 0.4) is 0 Å². The molecule has 0 spiro atoms. The van der Waals surface area contributed by atoms with Crippen molar-refractivity contribution < 1.29 is 164 Å². The third-order valence-electron chi connectivity index (χ3n) is 14.7. The number of rotatable bonds is 8. The van der Waals surface area contributed by atoms with E-state index >= 15 is 0 Å². The molecule has 4 aromatic rings. The number of carbonyl (C=O) groups excluding carboxylic acids is 4. The zero-order valence-electron chi connectivity index (χ0n) is 42.0. The number of aromatic hydroxyl groups is 4. The maximum Gasteiger partial charge on any atom is 0.294 e. The van der Waals surface area contributed by atoms with Crippen molar-refractivity contribution in [3.63, 3.8) is 0 Å². The highest BCUT2D eigenvalue weighted by Crippen LogP contribution is 2.54. The number of fused-ring (bicyclic) bond motifs is 8. The second-order valence-corrected chi connectivity index (χ2v) is 31.1. The van der Waals surface area contributed by atoms with E-state index in [2.05, 4.69) is 0 Å². The lowest BCUT2D eigenvalue weighted by molar-refractivity contribution is -0.00244. The lowest BCUT2D eigenvalue weighted by Gasteiger charge is -2.40. The Morgan fingerprint density at radius 2 is 0.489 bits per heavy atom. The molecule has 0 aromatic heterocycles. The molecule has 0 amide bonds. The Hall–Kier alpha value is -7.16. The molecule has 0 fully saturated rings. The monoisotopic (exact) mass is 1390 g/mol. The molecule has 12 bridgehead atoms. The van der Waals surface area contributed by atoms with Crippen LogP contribution in [0.2, 0.25) is 0 Å². The summed E-state index contributed by atoms with van der Waals surface area (Å²) in [6, 6.07) is -0.326. The van der Waals surface area contributed by atoms with Crippen molar-refractivity contribution >= 4 is 128 Å². The van der Waals surface area contributed by atoms with Gasteiger partial charge in [-0.15, -0.1) is 0 Å². The summed E-state index contributed by atoms with van der Waals surface area (Å²) in [5, 5.41) is 97.3. The van der Waals surface area contributed by atoms with Gasteiger partial charge in [0.1, 0.15) is 62.2 Å². The molecule has 4 unspecified atom stereocenters. The molecule has 44 heteroatoms. The number of aliphatic hydroxyl groups is 4. The average molecular weight is 1390 g/mol. The summed E-state index contributed by atoms with van der Waals surface area (Å²) in [7, 11) is -50.4. The maximum atomic E-state index is 14.9. The van der Waals surface area contributed by atoms with Crippen molar-refractivity contribution in [2.75, 3.05) is 0 Å². The van der Waals surface area contributed by atoms with Crippen LogP contribution in [0.5, 0.6) is 23.0 Å². The number of hydrogen-bond donors (Lipinski definition) is 16. The summed E-state index contributed by atoms with van der Waals surface area (Å²) < 4.78 is 295. The van der Waals surface area contributed by atoms with Gasteiger partial charge in [0.2, 0.25) is 23.1 Å². The number of Topliss-reactive ketones (excluding diaryl/α,β-unsaturated/α-hetero) is 4. The van der Waals surface area contributed by atoms with Crippen LogP contribution >= 0.6 is 0 Å². The fraction of sp³-hybridized carbons (Fsp3) is 0.182. The first-order valence-electron chi connectivity index (χ1n) is 22.8. The Morgan fingerprint density at radius 1 is 0.295 bits per heavy atom. The maximum absolute atomic E-state index is 14.9. The van der Waals surface area contributed by atoms with Gasteiger partial charge in [-0.1, -0.05) is 0 Å². The molecule has 4 aromatic carbocycles. The van der Waals surface area contributed by atoms with E-state index in [1.807, 2.05) is 0 Å². The molecule has 0 saturated carbocycles. The zero-order chi connectivity index (χ0) is 66.7. The minimum atomic E-state index is -6.46. The second-order valence-electron chi connectivity index (χ2n) is 20.0. The number of carbonyl (C=O) groups is 4. The van der Waals surface area contributed by atoms with Crippen LogP contribution in [0, 0.1) is 0 Å². The largest absolute Gasteiger partial charge is 0.507 e. The van der Waals surface area contributed by atoms with Crippen LogP contribution in [0.15, 0.2) is 63.5 Å². The Morgan fingerprint density at radius 3 is 0.705 bits per heavy atom. The average Bonchev–Trinajstić information content (AvgIpc) is 0.746. The van der Waals surface area contributed by atoms with E-state index in [1.54, 1.807) is 0 Å². The molecule has 472 valence electrons. The minimum Gasteiger partial charge on any atom is -0.507 e. The highest BCUT2D eigenvalue weighted by Gasteiger charge is 2.62. The highest BCUT2D eigenvalue weighted by atomic mass is 32.2. The molecule has 36 nitrogen and oxygen atoms in total. The Balaban J connectivity index is 1.51. The molecule has 5 aliphatic carbocycles. The van der Waals surface area contributed by atoms with Crippen molar-refractivity contribution in [3.05, 3.63) is 111 Å². The Bertz CT molecular complexity index is 5250. The molecule has 0 radical (unpaired) electrons. The van der Waals surface area contributed by atoms with Crippen LogP contribution in [-0.2, 0) is 100 Å². The van der Waals surface area contributed by atoms with Crippen LogP contribution in [0.25, 0.3) is 24.3 Å². The number of hydrogen-bond acceptors (Lipinski definition) is 28. The van der Waals surface area contributed by atoms with Gasteiger partial charge >= 0.3 is 0 Å². The van der Waals surface area contributed by atoms with Crippen LogP contribution < -0.4 is 0 Å². The lowest BCUT2D eigenvalue weighted by Crippen LogP contribution is -2.56. The molecular weight excluding hydrogens is 1360 g/mol. The molecular formula is C44H32O36S8. The van der Waals surface area contributed by atoms with Gasteiger partial charge in [0.25, 0.3) is 80.9 Å². The van der Waals surface area contributed by atoms with Crippen molar-refractivity contribution in [3.8, 4) is 23.0 Å². The SMILES string of the molecule is O=C1c2c3cc(S(=O)(=O)O)c(c2O)Cc2c(S(=O)(=O)O)cc4c(c2O)C(=O)C(O)(CC2(O)C(=O)c5c(cc(S(=O)(=O)O)c(c5O)CC5(O)C(=O)c6c(cc(S(=O)(=O)O)c(c6O)CC1(O)C(S(=O)(=O)O)=C3)C=C5S(=O)(=O)O)C=C2S(=O)(=O)O)C(S(=O)(=O)O)=C4. The predicted octanol–water partition coefficient (Wildman–Crippen LogP) is -2.40. The van der Waals surface area contributed by atoms with E-state index in [4.69, 9.17) is 0 Å². The quantitative estimate of drug-likeness (QED) is 0.0818. The van der Waals surface area contributed by atoms with E-state index in [0.717, 1.165) is 0 Å². The van der Waals surface area contributed by atoms with E-state index in [-0.39, 0.29) is 48.6 Å². The number of ketones is 4. The van der Waals surface area contributed by atoms with Crippen molar-refractivity contribution in [1.82, 2.24) is 0 Å². The number of phenolic OH excluding ortho intramolecular Hbond substituents is 4. The fourth-order valence-electron chi connectivity index (χ4n) is 11.0. The summed E-state index contributed by atoms with van der Waals surface area (Å²) >= 11 is 0. The van der Waals surface area contributed by atoms with Gasteiger partial charge in [-0.3, -0.25) is 55.6 Å². The van der Waals surface area contributed by atoms with Crippen molar-refractivity contribution in [2.24, 2.45) is 0 Å². The summed E-state index contributed by atoms with van der Waals surface area (Å²) in [5.41, 5.74) is -38.4. The topological polar surface area (TPSA) is 665 Å². The summed E-state index contributed by atoms with van der Waals surface area (Å²) in [4.78, 5) is 43.0. The van der Waals surface area contributed by atoms with Gasteiger partial charge in [-0.25, -0.2) is 0 Å². The molecule has 4 atom stereocenters. The van der Waals surface area contributed by atoms with Gasteiger partial charge in [0, 0.05) is 47.9 Å². The number of benzene rings is 4.